The van der Waals surface area contributed by atoms with Crippen molar-refractivity contribution < 1.29 is 28.2 Å². The van der Waals surface area contributed by atoms with Crippen LogP contribution in [-0.4, -0.2) is 32.7 Å². The van der Waals surface area contributed by atoms with Gasteiger partial charge in [-0.25, -0.2) is 4.79 Å². The van der Waals surface area contributed by atoms with E-state index < -0.39 is 34.6 Å². The number of hydrogen-bond acceptors (Lipinski definition) is 4. The van der Waals surface area contributed by atoms with E-state index in [4.69, 9.17) is 5.11 Å². The minimum absolute atomic E-state index is 0.000493. The number of benzene rings is 1. The number of aromatic hydroxyl groups is 1. The zero-order chi connectivity index (χ0) is 22.2. The number of hydrogen-bond donors (Lipinski definition) is 5. The SMILES string of the molecule is CCNCc1[nH]c2cc(-c3[nH]c(=O)c(C(=O)O)c(O)c3CC)ccc2c1C(F)(F)F. The fraction of sp³-hybridized carbons (Fsp3) is 0.300. The van der Waals surface area contributed by atoms with Gasteiger partial charge in [0.25, 0.3) is 5.56 Å². The lowest BCUT2D eigenvalue weighted by atomic mass is 9.99. The molecule has 0 saturated carbocycles. The molecular formula is C20H20F3N3O4. The second-order valence-corrected chi connectivity index (χ2v) is 6.71. The number of aromatic amines is 2. The van der Waals surface area contributed by atoms with Crippen molar-refractivity contribution in [3.05, 3.63) is 50.9 Å². The molecule has 1 aromatic carbocycles. The Morgan fingerprint density at radius 2 is 1.90 bits per heavy atom. The Morgan fingerprint density at radius 1 is 1.20 bits per heavy atom. The Kier molecular flexibility index (Phi) is 5.62. The zero-order valence-corrected chi connectivity index (χ0v) is 16.2. The van der Waals surface area contributed by atoms with E-state index in [9.17, 15) is 27.9 Å². The van der Waals surface area contributed by atoms with Gasteiger partial charge in [0.2, 0.25) is 0 Å². The average Bonchev–Trinajstić information content (AvgIpc) is 3.03. The largest absolute Gasteiger partial charge is 0.506 e. The summed E-state index contributed by atoms with van der Waals surface area (Å²) in [7, 11) is 0. The van der Waals surface area contributed by atoms with Crippen molar-refractivity contribution in [1.29, 1.82) is 0 Å². The molecule has 2 aromatic heterocycles. The van der Waals surface area contributed by atoms with Crippen LogP contribution in [0.4, 0.5) is 13.2 Å². The van der Waals surface area contributed by atoms with E-state index in [1.807, 2.05) is 0 Å². The van der Waals surface area contributed by atoms with Crippen LogP contribution in [-0.2, 0) is 19.1 Å². The monoisotopic (exact) mass is 423 g/mol. The van der Waals surface area contributed by atoms with E-state index in [0.29, 0.717) is 12.1 Å². The lowest BCUT2D eigenvalue weighted by molar-refractivity contribution is -0.136. The first-order chi connectivity index (χ1) is 14.1. The van der Waals surface area contributed by atoms with E-state index in [-0.39, 0.29) is 40.8 Å². The number of aromatic nitrogens is 2. The van der Waals surface area contributed by atoms with Crippen LogP contribution in [0.25, 0.3) is 22.2 Å². The number of halogens is 3. The van der Waals surface area contributed by atoms with E-state index in [2.05, 4.69) is 15.3 Å². The van der Waals surface area contributed by atoms with Gasteiger partial charge in [-0.3, -0.25) is 4.79 Å². The third-order valence-electron chi connectivity index (χ3n) is 4.86. The first-order valence-corrected chi connectivity index (χ1v) is 9.24. The molecule has 0 fully saturated rings. The Morgan fingerprint density at radius 3 is 2.47 bits per heavy atom. The summed E-state index contributed by atoms with van der Waals surface area (Å²) in [4.78, 5) is 28.6. The molecule has 2 heterocycles. The van der Waals surface area contributed by atoms with Crippen LogP contribution in [0.15, 0.2) is 23.0 Å². The van der Waals surface area contributed by atoms with Crippen LogP contribution < -0.4 is 10.9 Å². The second-order valence-electron chi connectivity index (χ2n) is 6.71. The Hall–Kier alpha value is -3.27. The lowest BCUT2D eigenvalue weighted by Crippen LogP contribution is -2.20. The lowest BCUT2D eigenvalue weighted by Gasteiger charge is -2.12. The highest BCUT2D eigenvalue weighted by Crippen LogP contribution is 2.39. The number of carbonyl (C=O) groups is 1. The topological polar surface area (TPSA) is 118 Å². The molecule has 3 rings (SSSR count). The van der Waals surface area contributed by atoms with Crippen LogP contribution in [0.3, 0.4) is 0 Å². The molecule has 160 valence electrons. The summed E-state index contributed by atoms with van der Waals surface area (Å²) in [6, 6.07) is 4.12. The van der Waals surface area contributed by atoms with Crippen molar-refractivity contribution in [2.75, 3.05) is 6.54 Å². The van der Waals surface area contributed by atoms with E-state index >= 15 is 0 Å². The summed E-state index contributed by atoms with van der Waals surface area (Å²) >= 11 is 0. The van der Waals surface area contributed by atoms with Crippen molar-refractivity contribution in [3.63, 3.8) is 0 Å². The molecular weight excluding hydrogens is 403 g/mol. The normalized spacial score (nSPS) is 11.9. The van der Waals surface area contributed by atoms with Gasteiger partial charge in [-0.15, -0.1) is 0 Å². The summed E-state index contributed by atoms with van der Waals surface area (Å²) in [6.45, 7) is 3.94. The Labute approximate surface area is 168 Å². The number of H-pyrrole nitrogens is 2. The molecule has 0 atom stereocenters. The summed E-state index contributed by atoms with van der Waals surface area (Å²) in [5, 5.41) is 22.3. The summed E-state index contributed by atoms with van der Waals surface area (Å²) in [6.07, 6.45) is -4.37. The van der Waals surface area contributed by atoms with Crippen LogP contribution >= 0.6 is 0 Å². The predicted octanol–water partition coefficient (Wildman–Crippen LogP) is 3.62. The molecule has 30 heavy (non-hydrogen) atoms. The minimum atomic E-state index is -4.56. The highest BCUT2D eigenvalue weighted by atomic mass is 19.4. The fourth-order valence-electron chi connectivity index (χ4n) is 3.53. The summed E-state index contributed by atoms with van der Waals surface area (Å²) in [5.74, 6) is -2.23. The molecule has 0 radical (unpaired) electrons. The number of nitrogens with one attached hydrogen (secondary N) is 3. The smallest absolute Gasteiger partial charge is 0.418 e. The summed E-state index contributed by atoms with van der Waals surface area (Å²) in [5.41, 5.74) is -1.66. The van der Waals surface area contributed by atoms with Crippen LogP contribution in [0, 0.1) is 0 Å². The van der Waals surface area contributed by atoms with Gasteiger partial charge < -0.3 is 25.5 Å². The predicted molar refractivity (Wildman–Crippen MR) is 105 cm³/mol. The van der Waals surface area contributed by atoms with Gasteiger partial charge in [-0.2, -0.15) is 13.2 Å². The average molecular weight is 423 g/mol. The quantitative estimate of drug-likeness (QED) is 0.415. The van der Waals surface area contributed by atoms with E-state index in [1.54, 1.807) is 13.8 Å². The number of aromatic carboxylic acids is 1. The van der Waals surface area contributed by atoms with Gasteiger partial charge in [0.1, 0.15) is 5.75 Å². The Bertz CT molecular complexity index is 1180. The molecule has 0 aliphatic rings. The number of carboxylic acids is 1. The van der Waals surface area contributed by atoms with Crippen molar-refractivity contribution in [2.24, 2.45) is 0 Å². The molecule has 0 aliphatic heterocycles. The first-order valence-electron chi connectivity index (χ1n) is 9.24. The van der Waals surface area contributed by atoms with Gasteiger partial charge in [0.05, 0.1) is 11.3 Å². The Balaban J connectivity index is 2.24. The third-order valence-corrected chi connectivity index (χ3v) is 4.86. The van der Waals surface area contributed by atoms with E-state index in [1.165, 1.54) is 18.2 Å². The molecule has 0 aliphatic carbocycles. The molecule has 0 bridgehead atoms. The van der Waals surface area contributed by atoms with Crippen molar-refractivity contribution in [2.45, 2.75) is 33.0 Å². The third kappa shape index (κ3) is 3.65. The first kappa shape index (κ1) is 21.4. The standard InChI is InChI=1S/C20H20F3N3O4/c1-3-10-16(26-18(28)14(17(10)27)19(29)30)9-5-6-11-12(7-9)25-13(8-24-4-2)15(11)20(21,22)23/h5-7,24-25H,3-4,8H2,1-2H3,(H,29,30)(H2,26,27,28). The van der Waals surface area contributed by atoms with Crippen LogP contribution in [0.5, 0.6) is 5.75 Å². The van der Waals surface area contributed by atoms with Gasteiger partial charge in [0, 0.05) is 34.3 Å². The van der Waals surface area contributed by atoms with Gasteiger partial charge in [-0.05, 0) is 19.0 Å². The number of pyridine rings is 1. The fourth-order valence-corrected chi connectivity index (χ4v) is 3.53. The van der Waals surface area contributed by atoms with E-state index in [0.717, 1.165) is 0 Å². The highest BCUT2D eigenvalue weighted by Gasteiger charge is 2.37. The van der Waals surface area contributed by atoms with Crippen LogP contribution in [0.2, 0.25) is 0 Å². The van der Waals surface area contributed by atoms with Crippen molar-refractivity contribution in [1.82, 2.24) is 15.3 Å². The maximum atomic E-state index is 13.6. The highest BCUT2D eigenvalue weighted by molar-refractivity contribution is 5.93. The van der Waals surface area contributed by atoms with Gasteiger partial charge in [-0.1, -0.05) is 26.0 Å². The number of fused-ring (bicyclic) bond motifs is 1. The molecule has 5 N–H and O–H groups in total. The molecule has 10 heteroatoms. The number of alkyl halides is 3. The number of carboxylic acid groups (broad SMARTS) is 1. The molecule has 0 saturated heterocycles. The minimum Gasteiger partial charge on any atom is -0.506 e. The molecule has 3 aromatic rings. The molecule has 0 unspecified atom stereocenters. The van der Waals surface area contributed by atoms with Crippen molar-refractivity contribution >= 4 is 16.9 Å². The van der Waals surface area contributed by atoms with Crippen LogP contribution in [0.1, 0.15) is 41.0 Å². The maximum Gasteiger partial charge on any atom is 0.418 e. The molecule has 0 amide bonds. The summed E-state index contributed by atoms with van der Waals surface area (Å²) < 4.78 is 40.9. The van der Waals surface area contributed by atoms with Gasteiger partial charge in [0.15, 0.2) is 5.56 Å². The van der Waals surface area contributed by atoms with Crippen molar-refractivity contribution in [3.8, 4) is 17.0 Å². The maximum absolute atomic E-state index is 13.6. The zero-order valence-electron chi connectivity index (χ0n) is 16.2. The van der Waals surface area contributed by atoms with Gasteiger partial charge >= 0.3 is 12.1 Å². The molecule has 0 spiro atoms. The number of rotatable bonds is 6. The molecule has 7 nitrogen and oxygen atoms in total. The second kappa shape index (κ2) is 7.86.